The number of carbonyl (C=O) groups excluding carboxylic acids is 1. The molecule has 0 aromatic heterocycles. The summed E-state index contributed by atoms with van der Waals surface area (Å²) in [5.41, 5.74) is 1.79. The first-order valence-corrected chi connectivity index (χ1v) is 13.5. The first-order valence-electron chi connectivity index (χ1n) is 12.1. The van der Waals surface area contributed by atoms with E-state index >= 15 is 0 Å². The summed E-state index contributed by atoms with van der Waals surface area (Å²) in [5, 5.41) is 2.93. The van der Waals surface area contributed by atoms with Crippen LogP contribution in [-0.4, -0.2) is 93.5 Å². The van der Waals surface area contributed by atoms with Gasteiger partial charge >= 0.3 is 0 Å². The average molecular weight is 499 g/mol. The van der Waals surface area contributed by atoms with Gasteiger partial charge in [0.15, 0.2) is 0 Å². The number of morpholine rings is 1. The van der Waals surface area contributed by atoms with E-state index in [2.05, 4.69) is 39.4 Å². The highest BCUT2D eigenvalue weighted by molar-refractivity contribution is 7.89. The molecule has 0 radical (unpaired) electrons. The molecule has 0 saturated carbocycles. The second-order valence-electron chi connectivity index (χ2n) is 8.86. The summed E-state index contributed by atoms with van der Waals surface area (Å²) in [6.07, 6.45) is 4.32. The number of carbonyl (C=O) groups is 1. The molecule has 4 rings (SSSR count). The third-order valence-electron chi connectivity index (χ3n) is 6.54. The van der Waals surface area contributed by atoms with Gasteiger partial charge in [-0.2, -0.15) is 4.31 Å². The molecule has 1 N–H and O–H groups in total. The standard InChI is InChI=1S/C26H34N4O4S/c1-22(29-16-14-28(15-17-29)13-5-8-23-6-3-2-4-7-23)26(31)27-24-9-11-25(12-10-24)35(32,33)30-18-20-34-21-19-30/h2-12,22H,13-21H2,1H3,(H,27,31)/b8-5+. The van der Waals surface area contributed by atoms with Gasteiger partial charge in [-0.1, -0.05) is 42.5 Å². The highest BCUT2D eigenvalue weighted by Crippen LogP contribution is 2.20. The molecule has 2 saturated heterocycles. The maximum atomic E-state index is 12.8. The van der Waals surface area contributed by atoms with Crippen molar-refractivity contribution < 1.29 is 17.9 Å². The highest BCUT2D eigenvalue weighted by atomic mass is 32.2. The molecular weight excluding hydrogens is 464 g/mol. The van der Waals surface area contributed by atoms with Gasteiger partial charge in [-0.15, -0.1) is 0 Å². The molecule has 2 fully saturated rings. The molecule has 2 aliphatic rings. The average Bonchev–Trinajstić information content (AvgIpc) is 2.90. The van der Waals surface area contributed by atoms with E-state index < -0.39 is 10.0 Å². The highest BCUT2D eigenvalue weighted by Gasteiger charge is 2.27. The van der Waals surface area contributed by atoms with Crippen molar-refractivity contribution in [2.45, 2.75) is 17.9 Å². The zero-order valence-electron chi connectivity index (χ0n) is 20.2. The molecule has 1 amide bonds. The first-order chi connectivity index (χ1) is 16.9. The van der Waals surface area contributed by atoms with Gasteiger partial charge in [0, 0.05) is 51.5 Å². The molecule has 2 aromatic rings. The van der Waals surface area contributed by atoms with Gasteiger partial charge in [-0.05, 0) is 36.8 Å². The molecule has 9 heteroatoms. The van der Waals surface area contributed by atoms with Crippen LogP contribution in [0.15, 0.2) is 65.6 Å². The van der Waals surface area contributed by atoms with Crippen molar-refractivity contribution in [1.29, 1.82) is 0 Å². The number of benzene rings is 2. The lowest BCUT2D eigenvalue weighted by Crippen LogP contribution is -2.52. The van der Waals surface area contributed by atoms with Crippen LogP contribution in [-0.2, 0) is 19.6 Å². The SMILES string of the molecule is CC(C(=O)Nc1ccc(S(=O)(=O)N2CCOCC2)cc1)N1CCN(C/C=C/c2ccccc2)CC1. The van der Waals surface area contributed by atoms with Crippen LogP contribution in [0, 0.1) is 0 Å². The molecule has 0 bridgehead atoms. The van der Waals surface area contributed by atoms with Gasteiger partial charge in [-0.25, -0.2) is 8.42 Å². The Kier molecular flexibility index (Phi) is 8.69. The van der Waals surface area contributed by atoms with Crippen LogP contribution in [0.3, 0.4) is 0 Å². The summed E-state index contributed by atoms with van der Waals surface area (Å²) in [6.45, 7) is 7.79. The molecule has 0 spiro atoms. The monoisotopic (exact) mass is 498 g/mol. The number of nitrogens with one attached hydrogen (secondary N) is 1. The maximum absolute atomic E-state index is 12.8. The van der Waals surface area contributed by atoms with E-state index in [0.29, 0.717) is 32.0 Å². The maximum Gasteiger partial charge on any atom is 0.243 e. The van der Waals surface area contributed by atoms with E-state index in [-0.39, 0.29) is 16.8 Å². The predicted octanol–water partition coefficient (Wildman–Crippen LogP) is 2.37. The van der Waals surface area contributed by atoms with Crippen molar-refractivity contribution in [3.8, 4) is 0 Å². The number of hydrogen-bond donors (Lipinski definition) is 1. The van der Waals surface area contributed by atoms with Crippen LogP contribution in [0.4, 0.5) is 5.69 Å². The van der Waals surface area contributed by atoms with Gasteiger partial charge in [0.25, 0.3) is 0 Å². The van der Waals surface area contributed by atoms with Crippen LogP contribution in [0.25, 0.3) is 6.08 Å². The van der Waals surface area contributed by atoms with Crippen LogP contribution in [0.2, 0.25) is 0 Å². The number of amides is 1. The lowest BCUT2D eigenvalue weighted by Gasteiger charge is -2.37. The summed E-state index contributed by atoms with van der Waals surface area (Å²) >= 11 is 0. The second kappa shape index (κ2) is 11.9. The zero-order valence-corrected chi connectivity index (χ0v) is 21.0. The van der Waals surface area contributed by atoms with Crippen molar-refractivity contribution in [3.05, 3.63) is 66.2 Å². The Morgan fingerprint density at radius 3 is 2.29 bits per heavy atom. The van der Waals surface area contributed by atoms with Crippen LogP contribution in [0.5, 0.6) is 0 Å². The van der Waals surface area contributed by atoms with E-state index in [0.717, 1.165) is 32.7 Å². The van der Waals surface area contributed by atoms with Crippen LogP contribution >= 0.6 is 0 Å². The molecule has 1 atom stereocenters. The third kappa shape index (κ3) is 6.77. The molecule has 8 nitrogen and oxygen atoms in total. The Morgan fingerprint density at radius 1 is 0.971 bits per heavy atom. The minimum absolute atomic E-state index is 0.0915. The minimum Gasteiger partial charge on any atom is -0.379 e. The number of nitrogens with zero attached hydrogens (tertiary/aromatic N) is 3. The molecule has 188 valence electrons. The number of hydrogen-bond acceptors (Lipinski definition) is 6. The quantitative estimate of drug-likeness (QED) is 0.602. The topological polar surface area (TPSA) is 82.2 Å². The Hall–Kier alpha value is -2.56. The molecule has 2 heterocycles. The van der Waals surface area contributed by atoms with E-state index in [1.807, 2.05) is 25.1 Å². The number of ether oxygens (including phenoxy) is 1. The molecule has 2 aliphatic heterocycles. The summed E-state index contributed by atoms with van der Waals surface area (Å²) in [4.78, 5) is 17.6. The summed E-state index contributed by atoms with van der Waals surface area (Å²) < 4.78 is 32.2. The van der Waals surface area contributed by atoms with Gasteiger partial charge in [0.05, 0.1) is 24.2 Å². The van der Waals surface area contributed by atoms with Gasteiger partial charge in [-0.3, -0.25) is 14.6 Å². The number of rotatable bonds is 8. The van der Waals surface area contributed by atoms with Crippen molar-refractivity contribution >= 4 is 27.7 Å². The van der Waals surface area contributed by atoms with E-state index in [1.165, 1.54) is 9.87 Å². The molecule has 35 heavy (non-hydrogen) atoms. The van der Waals surface area contributed by atoms with Crippen molar-refractivity contribution in [1.82, 2.24) is 14.1 Å². The predicted molar refractivity (Wildman–Crippen MR) is 138 cm³/mol. The lowest BCUT2D eigenvalue weighted by molar-refractivity contribution is -0.121. The molecule has 2 aromatic carbocycles. The molecule has 0 aliphatic carbocycles. The van der Waals surface area contributed by atoms with Gasteiger partial charge < -0.3 is 10.1 Å². The van der Waals surface area contributed by atoms with E-state index in [1.54, 1.807) is 24.3 Å². The van der Waals surface area contributed by atoms with E-state index in [9.17, 15) is 13.2 Å². The Morgan fingerprint density at radius 2 is 1.63 bits per heavy atom. The van der Waals surface area contributed by atoms with Crippen molar-refractivity contribution in [2.24, 2.45) is 0 Å². The summed E-state index contributed by atoms with van der Waals surface area (Å²) in [6, 6.07) is 16.4. The Labute approximate surface area is 208 Å². The fourth-order valence-electron chi connectivity index (χ4n) is 4.29. The summed E-state index contributed by atoms with van der Waals surface area (Å²) in [5.74, 6) is -0.0915. The first kappa shape index (κ1) is 25.5. The Balaban J connectivity index is 1.24. The number of sulfonamides is 1. The smallest absolute Gasteiger partial charge is 0.243 e. The number of piperazine rings is 1. The minimum atomic E-state index is -3.55. The van der Waals surface area contributed by atoms with Crippen LogP contribution in [0.1, 0.15) is 12.5 Å². The summed E-state index contributed by atoms with van der Waals surface area (Å²) in [7, 11) is -3.55. The van der Waals surface area contributed by atoms with E-state index in [4.69, 9.17) is 4.74 Å². The Bertz CT molecular complexity index is 1090. The fraction of sp³-hybridized carbons (Fsp3) is 0.423. The normalized spacial score (nSPS) is 19.6. The van der Waals surface area contributed by atoms with Crippen LogP contribution < -0.4 is 5.32 Å². The lowest BCUT2D eigenvalue weighted by atomic mass is 10.2. The van der Waals surface area contributed by atoms with Gasteiger partial charge in [0.1, 0.15) is 0 Å². The largest absolute Gasteiger partial charge is 0.379 e. The second-order valence-corrected chi connectivity index (χ2v) is 10.8. The fourth-order valence-corrected chi connectivity index (χ4v) is 5.70. The third-order valence-corrected chi connectivity index (χ3v) is 8.45. The van der Waals surface area contributed by atoms with Crippen molar-refractivity contribution in [3.63, 3.8) is 0 Å². The number of anilines is 1. The molecule has 1 unspecified atom stereocenters. The zero-order chi connectivity index (χ0) is 24.7. The van der Waals surface area contributed by atoms with Crippen molar-refractivity contribution in [2.75, 3.05) is 64.3 Å². The molecular formula is C26H34N4O4S. The van der Waals surface area contributed by atoms with Gasteiger partial charge in [0.2, 0.25) is 15.9 Å².